The van der Waals surface area contributed by atoms with E-state index >= 15 is 0 Å². The third-order valence-corrected chi connectivity index (χ3v) is 4.55. The molecule has 2 heterocycles. The van der Waals surface area contributed by atoms with Crippen LogP contribution in [0.2, 0.25) is 0 Å². The number of likely N-dealkylation sites (tertiary alicyclic amines) is 1. The molecule has 0 aliphatic carbocycles. The molecular formula is C18H24N4O2. The summed E-state index contributed by atoms with van der Waals surface area (Å²) in [6, 6.07) is 7.75. The van der Waals surface area contributed by atoms with Gasteiger partial charge >= 0.3 is 0 Å². The number of anilines is 1. The first kappa shape index (κ1) is 16.7. The summed E-state index contributed by atoms with van der Waals surface area (Å²) in [5, 5.41) is 16.1. The number of amides is 1. The van der Waals surface area contributed by atoms with Crippen molar-refractivity contribution in [1.29, 1.82) is 0 Å². The van der Waals surface area contributed by atoms with Crippen molar-refractivity contribution in [2.45, 2.75) is 19.4 Å². The molecule has 1 aromatic heterocycles. The minimum Gasteiger partial charge on any atom is -0.396 e. The van der Waals surface area contributed by atoms with Gasteiger partial charge in [0, 0.05) is 32.0 Å². The Morgan fingerprint density at radius 3 is 2.58 bits per heavy atom. The van der Waals surface area contributed by atoms with Crippen molar-refractivity contribution in [3.63, 3.8) is 0 Å². The van der Waals surface area contributed by atoms with Crippen LogP contribution in [0, 0.1) is 5.92 Å². The summed E-state index contributed by atoms with van der Waals surface area (Å²) in [6.45, 7) is 3.24. The molecule has 128 valence electrons. The summed E-state index contributed by atoms with van der Waals surface area (Å²) in [6.07, 6.45) is 5.51. The second kappa shape index (κ2) is 7.59. The first-order chi connectivity index (χ1) is 11.6. The van der Waals surface area contributed by atoms with Crippen LogP contribution in [0.25, 0.3) is 0 Å². The average Bonchev–Trinajstić information content (AvgIpc) is 3.01. The number of carbonyl (C=O) groups excluding carboxylic acids is 1. The summed E-state index contributed by atoms with van der Waals surface area (Å²) in [4.78, 5) is 14.6. The van der Waals surface area contributed by atoms with E-state index in [-0.39, 0.29) is 5.91 Å². The molecule has 1 aliphatic rings. The van der Waals surface area contributed by atoms with Gasteiger partial charge in [0.2, 0.25) is 0 Å². The van der Waals surface area contributed by atoms with Crippen molar-refractivity contribution in [2.24, 2.45) is 13.0 Å². The zero-order valence-corrected chi connectivity index (χ0v) is 14.0. The smallest absolute Gasteiger partial charge is 0.255 e. The van der Waals surface area contributed by atoms with E-state index < -0.39 is 0 Å². The van der Waals surface area contributed by atoms with Crippen molar-refractivity contribution in [3.05, 3.63) is 47.8 Å². The number of carbonyl (C=O) groups is 1. The Morgan fingerprint density at radius 2 is 2.00 bits per heavy atom. The van der Waals surface area contributed by atoms with Gasteiger partial charge in [-0.1, -0.05) is 12.1 Å². The molecule has 6 nitrogen and oxygen atoms in total. The maximum absolute atomic E-state index is 12.2. The number of aliphatic hydroxyl groups excluding tert-OH is 1. The summed E-state index contributed by atoms with van der Waals surface area (Å²) in [5.41, 5.74) is 2.54. The average molecular weight is 328 g/mol. The van der Waals surface area contributed by atoms with E-state index in [9.17, 15) is 9.90 Å². The van der Waals surface area contributed by atoms with Crippen molar-refractivity contribution < 1.29 is 9.90 Å². The molecule has 2 aromatic rings. The number of aliphatic hydroxyl groups is 1. The molecule has 1 aromatic carbocycles. The Hall–Kier alpha value is -2.18. The van der Waals surface area contributed by atoms with Crippen LogP contribution in [0.1, 0.15) is 28.8 Å². The lowest BCUT2D eigenvalue weighted by molar-refractivity contribution is 0.102. The molecule has 2 N–H and O–H groups in total. The van der Waals surface area contributed by atoms with Crippen LogP contribution in [0.3, 0.4) is 0 Å². The minimum absolute atomic E-state index is 0.127. The summed E-state index contributed by atoms with van der Waals surface area (Å²) in [5.74, 6) is 0.332. The van der Waals surface area contributed by atoms with E-state index in [1.54, 1.807) is 17.1 Å². The Labute approximate surface area is 142 Å². The first-order valence-electron chi connectivity index (χ1n) is 8.36. The monoisotopic (exact) mass is 328 g/mol. The molecule has 1 fully saturated rings. The van der Waals surface area contributed by atoms with E-state index in [4.69, 9.17) is 0 Å². The molecule has 1 saturated heterocycles. The largest absolute Gasteiger partial charge is 0.396 e. The van der Waals surface area contributed by atoms with Crippen LogP contribution >= 0.6 is 0 Å². The van der Waals surface area contributed by atoms with Gasteiger partial charge in [0.25, 0.3) is 5.91 Å². The van der Waals surface area contributed by atoms with Gasteiger partial charge in [-0.2, -0.15) is 5.10 Å². The molecule has 0 atom stereocenters. The van der Waals surface area contributed by atoms with E-state index in [0.717, 1.165) is 32.5 Å². The number of hydrogen-bond acceptors (Lipinski definition) is 4. The van der Waals surface area contributed by atoms with Gasteiger partial charge in [0.05, 0.1) is 11.9 Å². The second-order valence-corrected chi connectivity index (χ2v) is 6.46. The molecule has 0 bridgehead atoms. The number of nitrogens with zero attached hydrogens (tertiary/aromatic N) is 3. The molecule has 3 rings (SSSR count). The predicted octanol–water partition coefficient (Wildman–Crippen LogP) is 1.88. The van der Waals surface area contributed by atoms with Gasteiger partial charge in [-0.25, -0.2) is 0 Å². The summed E-state index contributed by atoms with van der Waals surface area (Å²) >= 11 is 0. The summed E-state index contributed by atoms with van der Waals surface area (Å²) in [7, 11) is 1.81. The Morgan fingerprint density at radius 1 is 1.29 bits per heavy atom. The van der Waals surface area contributed by atoms with Gasteiger partial charge in [-0.05, 0) is 49.5 Å². The highest BCUT2D eigenvalue weighted by molar-refractivity contribution is 6.04. The highest BCUT2D eigenvalue weighted by Crippen LogP contribution is 2.18. The predicted molar refractivity (Wildman–Crippen MR) is 92.7 cm³/mol. The highest BCUT2D eigenvalue weighted by atomic mass is 16.3. The third kappa shape index (κ3) is 4.21. The van der Waals surface area contributed by atoms with Gasteiger partial charge in [0.1, 0.15) is 0 Å². The zero-order chi connectivity index (χ0) is 16.9. The van der Waals surface area contributed by atoms with Crippen molar-refractivity contribution in [1.82, 2.24) is 14.7 Å². The lowest BCUT2D eigenvalue weighted by atomic mass is 9.97. The zero-order valence-electron chi connectivity index (χ0n) is 14.0. The minimum atomic E-state index is -0.127. The summed E-state index contributed by atoms with van der Waals surface area (Å²) < 4.78 is 1.65. The van der Waals surface area contributed by atoms with E-state index in [0.29, 0.717) is 23.8 Å². The van der Waals surface area contributed by atoms with Crippen LogP contribution in [0.15, 0.2) is 36.7 Å². The molecule has 0 saturated carbocycles. The van der Waals surface area contributed by atoms with Crippen molar-refractivity contribution in [2.75, 3.05) is 25.0 Å². The van der Waals surface area contributed by atoms with E-state index in [1.807, 2.05) is 31.3 Å². The van der Waals surface area contributed by atoms with Gasteiger partial charge in [0.15, 0.2) is 0 Å². The van der Waals surface area contributed by atoms with Gasteiger partial charge < -0.3 is 10.4 Å². The lowest BCUT2D eigenvalue weighted by Crippen LogP contribution is -2.34. The molecule has 0 unspecified atom stereocenters. The molecule has 0 radical (unpaired) electrons. The number of aryl methyl sites for hydroxylation is 1. The van der Waals surface area contributed by atoms with Gasteiger partial charge in [-0.3, -0.25) is 14.4 Å². The number of benzene rings is 1. The fourth-order valence-corrected chi connectivity index (χ4v) is 3.04. The fraction of sp³-hybridized carbons (Fsp3) is 0.444. The quantitative estimate of drug-likeness (QED) is 0.879. The topological polar surface area (TPSA) is 70.4 Å². The third-order valence-electron chi connectivity index (χ3n) is 4.55. The normalized spacial score (nSPS) is 16.2. The molecule has 1 amide bonds. The van der Waals surface area contributed by atoms with Gasteiger partial charge in [-0.15, -0.1) is 0 Å². The van der Waals surface area contributed by atoms with E-state index in [1.165, 1.54) is 5.56 Å². The maximum atomic E-state index is 12.2. The SMILES string of the molecule is Cn1cc(NC(=O)c2ccc(CN3CCC(CO)CC3)cc2)cn1. The van der Waals surface area contributed by atoms with E-state index in [2.05, 4.69) is 15.3 Å². The number of aromatic nitrogens is 2. The first-order valence-corrected chi connectivity index (χ1v) is 8.36. The number of nitrogens with one attached hydrogen (secondary N) is 1. The molecule has 6 heteroatoms. The fourth-order valence-electron chi connectivity index (χ4n) is 3.04. The molecule has 24 heavy (non-hydrogen) atoms. The second-order valence-electron chi connectivity index (χ2n) is 6.46. The van der Waals surface area contributed by atoms with Crippen LogP contribution < -0.4 is 5.32 Å². The number of rotatable bonds is 5. The Bertz CT molecular complexity index is 673. The Kier molecular flexibility index (Phi) is 5.27. The number of hydrogen-bond donors (Lipinski definition) is 2. The van der Waals surface area contributed by atoms with Crippen molar-refractivity contribution in [3.8, 4) is 0 Å². The molecule has 1 aliphatic heterocycles. The number of piperidine rings is 1. The van der Waals surface area contributed by atoms with Crippen LogP contribution in [-0.2, 0) is 13.6 Å². The van der Waals surface area contributed by atoms with Crippen LogP contribution in [0.5, 0.6) is 0 Å². The lowest BCUT2D eigenvalue weighted by Gasteiger charge is -2.31. The molecule has 0 spiro atoms. The maximum Gasteiger partial charge on any atom is 0.255 e. The molecular weight excluding hydrogens is 304 g/mol. The van der Waals surface area contributed by atoms with Crippen LogP contribution in [0.4, 0.5) is 5.69 Å². The highest BCUT2D eigenvalue weighted by Gasteiger charge is 2.18. The van der Waals surface area contributed by atoms with Crippen LogP contribution in [-0.4, -0.2) is 45.4 Å². The van der Waals surface area contributed by atoms with Crippen molar-refractivity contribution >= 4 is 11.6 Å². The Balaban J connectivity index is 1.54. The standard InChI is InChI=1S/C18H24N4O2/c1-21-12-17(10-19-21)20-18(24)16-4-2-14(3-5-16)11-22-8-6-15(13-23)7-9-22/h2-5,10,12,15,23H,6-9,11,13H2,1H3,(H,20,24).